The first-order chi connectivity index (χ1) is 9.49. The molecule has 2 aromatic rings. The highest BCUT2D eigenvalue weighted by atomic mass is 79.9. The topological polar surface area (TPSA) is 47.0 Å². The summed E-state index contributed by atoms with van der Waals surface area (Å²) in [5, 5.41) is 4.00. The van der Waals surface area contributed by atoms with E-state index in [1.54, 1.807) is 18.2 Å². The van der Waals surface area contributed by atoms with Gasteiger partial charge < -0.3 is 10.1 Å². The van der Waals surface area contributed by atoms with Crippen LogP contribution in [0.25, 0.3) is 0 Å². The van der Waals surface area contributed by atoms with Crippen molar-refractivity contribution in [3.8, 4) is 11.6 Å². The summed E-state index contributed by atoms with van der Waals surface area (Å²) < 4.78 is 6.40. The summed E-state index contributed by atoms with van der Waals surface area (Å²) in [7, 11) is 0. The Bertz CT molecular complexity index is 637. The smallest absolute Gasteiger partial charge is 0.226 e. The van der Waals surface area contributed by atoms with Crippen molar-refractivity contribution in [2.75, 3.05) is 11.9 Å². The molecule has 0 unspecified atom stereocenters. The molecule has 0 saturated carbocycles. The monoisotopic (exact) mass is 375 g/mol. The molecule has 0 spiro atoms. The third-order valence-corrected chi connectivity index (χ3v) is 3.85. The van der Waals surface area contributed by atoms with Gasteiger partial charge in [-0.2, -0.15) is 4.98 Å². The zero-order valence-electron chi connectivity index (χ0n) is 10.9. The van der Waals surface area contributed by atoms with Crippen molar-refractivity contribution in [3.63, 3.8) is 0 Å². The minimum absolute atomic E-state index is 0.411. The molecular formula is C13H12BrCl2N3O. The Morgan fingerprint density at radius 3 is 2.65 bits per heavy atom. The van der Waals surface area contributed by atoms with Crippen molar-refractivity contribution in [1.29, 1.82) is 0 Å². The second kappa shape index (κ2) is 6.61. The molecule has 7 heteroatoms. The van der Waals surface area contributed by atoms with Crippen LogP contribution in [-0.4, -0.2) is 16.5 Å². The summed E-state index contributed by atoms with van der Waals surface area (Å²) >= 11 is 15.5. The zero-order valence-corrected chi connectivity index (χ0v) is 14.0. The Kier molecular flexibility index (Phi) is 5.07. The third-order valence-electron chi connectivity index (χ3n) is 2.35. The van der Waals surface area contributed by atoms with Gasteiger partial charge in [0.25, 0.3) is 0 Å². The summed E-state index contributed by atoms with van der Waals surface area (Å²) in [6.07, 6.45) is 0. The van der Waals surface area contributed by atoms with Crippen LogP contribution in [0.5, 0.6) is 11.6 Å². The van der Waals surface area contributed by atoms with Gasteiger partial charge >= 0.3 is 0 Å². The molecule has 0 aliphatic carbocycles. The Balaban J connectivity index is 2.32. The first-order valence-corrected chi connectivity index (χ1v) is 7.46. The van der Waals surface area contributed by atoms with E-state index in [-0.39, 0.29) is 0 Å². The number of benzene rings is 1. The summed E-state index contributed by atoms with van der Waals surface area (Å²) in [5.74, 6) is 1.37. The first kappa shape index (κ1) is 15.4. The Morgan fingerprint density at radius 1 is 1.20 bits per heavy atom. The maximum absolute atomic E-state index is 6.12. The normalized spacial score (nSPS) is 10.4. The number of aromatic nitrogens is 2. The number of hydrogen-bond donors (Lipinski definition) is 1. The van der Waals surface area contributed by atoms with Gasteiger partial charge in [0, 0.05) is 28.8 Å². The van der Waals surface area contributed by atoms with E-state index >= 15 is 0 Å². The molecule has 0 saturated heterocycles. The second-order valence-corrected chi connectivity index (χ2v) is 5.67. The van der Waals surface area contributed by atoms with Crippen molar-refractivity contribution in [2.24, 2.45) is 0 Å². The summed E-state index contributed by atoms with van der Waals surface area (Å²) in [6.45, 7) is 4.57. The number of halogens is 3. The van der Waals surface area contributed by atoms with Crippen LogP contribution in [0.1, 0.15) is 12.6 Å². The van der Waals surface area contributed by atoms with Gasteiger partial charge in [0.1, 0.15) is 5.75 Å². The fourth-order valence-corrected chi connectivity index (χ4v) is 2.36. The van der Waals surface area contributed by atoms with Crippen molar-refractivity contribution in [1.82, 2.24) is 9.97 Å². The highest BCUT2D eigenvalue weighted by Gasteiger charge is 2.10. The first-order valence-electron chi connectivity index (χ1n) is 5.91. The van der Waals surface area contributed by atoms with E-state index in [0.717, 1.165) is 12.2 Å². The molecule has 106 valence electrons. The largest absolute Gasteiger partial charge is 0.437 e. The number of rotatable bonds is 4. The van der Waals surface area contributed by atoms with Crippen molar-refractivity contribution < 1.29 is 4.74 Å². The molecule has 0 radical (unpaired) electrons. The van der Waals surface area contributed by atoms with Crippen LogP contribution in [0, 0.1) is 6.92 Å². The molecule has 2 rings (SSSR count). The lowest BCUT2D eigenvalue weighted by atomic mass is 10.3. The molecule has 1 heterocycles. The Labute approximate surface area is 135 Å². The Morgan fingerprint density at radius 2 is 1.95 bits per heavy atom. The van der Waals surface area contributed by atoms with Gasteiger partial charge in [0.05, 0.1) is 10.0 Å². The fourth-order valence-electron chi connectivity index (χ4n) is 1.52. The van der Waals surface area contributed by atoms with Gasteiger partial charge in [-0.25, -0.2) is 4.98 Å². The lowest BCUT2D eigenvalue weighted by Crippen LogP contribution is -2.04. The molecular weight excluding hydrogens is 365 g/mol. The Hall–Kier alpha value is -1.04. The molecule has 0 aliphatic heterocycles. The van der Waals surface area contributed by atoms with Gasteiger partial charge in [-0.1, -0.05) is 23.2 Å². The van der Waals surface area contributed by atoms with E-state index in [1.807, 2.05) is 13.8 Å². The molecule has 0 aliphatic rings. The highest BCUT2D eigenvalue weighted by molar-refractivity contribution is 9.10. The van der Waals surface area contributed by atoms with Gasteiger partial charge in [-0.3, -0.25) is 0 Å². The zero-order chi connectivity index (χ0) is 14.7. The lowest BCUT2D eigenvalue weighted by Gasteiger charge is -2.10. The van der Waals surface area contributed by atoms with E-state index in [4.69, 9.17) is 27.9 Å². The van der Waals surface area contributed by atoms with Crippen LogP contribution in [0.4, 0.5) is 5.95 Å². The van der Waals surface area contributed by atoms with Gasteiger partial charge in [0.2, 0.25) is 11.8 Å². The van der Waals surface area contributed by atoms with Crippen LogP contribution in [0.15, 0.2) is 22.7 Å². The molecule has 1 aromatic carbocycles. The SMILES string of the molecule is CCNc1nc(C)cc(Oc2cc(Cl)c(Br)cc2Cl)n1. The maximum Gasteiger partial charge on any atom is 0.226 e. The maximum atomic E-state index is 6.12. The van der Waals surface area contributed by atoms with Crippen LogP contribution in [-0.2, 0) is 0 Å². The van der Waals surface area contributed by atoms with Crippen LogP contribution < -0.4 is 10.1 Å². The standard InChI is InChI=1S/C13H12BrCl2N3O/c1-3-17-13-18-7(2)4-12(19-13)20-11-6-9(15)8(14)5-10(11)16/h4-6H,3H2,1-2H3,(H,17,18,19). The van der Waals surface area contributed by atoms with Crippen LogP contribution >= 0.6 is 39.1 Å². The molecule has 1 N–H and O–H groups in total. The molecule has 0 atom stereocenters. The number of aryl methyl sites for hydroxylation is 1. The molecule has 0 amide bonds. The highest BCUT2D eigenvalue weighted by Crippen LogP contribution is 2.36. The quantitative estimate of drug-likeness (QED) is 0.756. The van der Waals surface area contributed by atoms with E-state index in [2.05, 4.69) is 31.2 Å². The second-order valence-electron chi connectivity index (χ2n) is 4.00. The fraction of sp³-hybridized carbons (Fsp3) is 0.231. The average molecular weight is 377 g/mol. The van der Waals surface area contributed by atoms with Crippen LogP contribution in [0.3, 0.4) is 0 Å². The van der Waals surface area contributed by atoms with E-state index in [0.29, 0.717) is 32.1 Å². The number of ether oxygens (including phenoxy) is 1. The van der Waals surface area contributed by atoms with Crippen molar-refractivity contribution in [3.05, 3.63) is 38.4 Å². The lowest BCUT2D eigenvalue weighted by molar-refractivity contribution is 0.462. The summed E-state index contributed by atoms with van der Waals surface area (Å²) in [5.41, 5.74) is 0.797. The average Bonchev–Trinajstić information content (AvgIpc) is 2.35. The van der Waals surface area contributed by atoms with E-state index in [1.165, 1.54) is 0 Å². The molecule has 4 nitrogen and oxygen atoms in total. The van der Waals surface area contributed by atoms with Gasteiger partial charge in [0.15, 0.2) is 0 Å². The number of hydrogen-bond acceptors (Lipinski definition) is 4. The molecule has 1 aromatic heterocycles. The van der Waals surface area contributed by atoms with Gasteiger partial charge in [-0.05, 0) is 35.8 Å². The van der Waals surface area contributed by atoms with Gasteiger partial charge in [-0.15, -0.1) is 0 Å². The molecule has 0 bridgehead atoms. The predicted octanol–water partition coefficient (Wildman–Crippen LogP) is 5.08. The number of nitrogens with one attached hydrogen (secondary N) is 1. The summed E-state index contributed by atoms with van der Waals surface area (Å²) in [4.78, 5) is 8.50. The van der Waals surface area contributed by atoms with Crippen LogP contribution in [0.2, 0.25) is 10.0 Å². The van der Waals surface area contributed by atoms with E-state index in [9.17, 15) is 0 Å². The third kappa shape index (κ3) is 3.75. The molecule has 20 heavy (non-hydrogen) atoms. The molecule has 0 fully saturated rings. The summed E-state index contributed by atoms with van der Waals surface area (Å²) in [6, 6.07) is 5.05. The van der Waals surface area contributed by atoms with E-state index < -0.39 is 0 Å². The minimum Gasteiger partial charge on any atom is -0.437 e. The van der Waals surface area contributed by atoms with Crippen molar-refractivity contribution >= 4 is 45.1 Å². The van der Waals surface area contributed by atoms with Crippen molar-refractivity contribution in [2.45, 2.75) is 13.8 Å². The number of anilines is 1. The number of nitrogens with zero attached hydrogens (tertiary/aromatic N) is 2. The predicted molar refractivity (Wildman–Crippen MR) is 85.2 cm³/mol. The minimum atomic E-state index is 0.411.